The van der Waals surface area contributed by atoms with Crippen LogP contribution in [0.15, 0.2) is 52.1 Å². The van der Waals surface area contributed by atoms with Crippen LogP contribution < -0.4 is 16.0 Å². The predicted octanol–water partition coefficient (Wildman–Crippen LogP) is 4.35. The van der Waals surface area contributed by atoms with Crippen molar-refractivity contribution in [1.82, 2.24) is 18.7 Å². The first-order valence-corrected chi connectivity index (χ1v) is 10.4. The molecule has 0 unspecified atom stereocenters. The molecule has 0 aliphatic rings. The summed E-state index contributed by atoms with van der Waals surface area (Å²) >= 11 is 5.98. The summed E-state index contributed by atoms with van der Waals surface area (Å²) in [6.07, 6.45) is 0. The van der Waals surface area contributed by atoms with Crippen molar-refractivity contribution in [2.24, 2.45) is 14.1 Å². The largest absolute Gasteiger partial charge is 0.425 e. The third-order valence-corrected chi connectivity index (χ3v) is 5.71. The van der Waals surface area contributed by atoms with Gasteiger partial charge in [-0.3, -0.25) is 18.5 Å². The number of fused-ring (bicyclic) bond motifs is 1. The normalized spacial score (nSPS) is 11.8. The van der Waals surface area contributed by atoms with E-state index in [-0.39, 0.29) is 35.0 Å². The van der Waals surface area contributed by atoms with Crippen LogP contribution in [0.1, 0.15) is 23.6 Å². The van der Waals surface area contributed by atoms with Crippen molar-refractivity contribution in [3.8, 4) is 11.8 Å². The molecule has 10 heteroatoms. The molecule has 0 saturated heterocycles. The first-order chi connectivity index (χ1) is 15.5. The van der Waals surface area contributed by atoms with Crippen LogP contribution in [0.5, 0.6) is 11.8 Å². The molecule has 33 heavy (non-hydrogen) atoms. The Balaban J connectivity index is 1.92. The van der Waals surface area contributed by atoms with E-state index in [1.54, 1.807) is 37.3 Å². The average molecular weight is 475 g/mol. The molecule has 2 aromatic carbocycles. The molecule has 0 aliphatic carbocycles. The van der Waals surface area contributed by atoms with Crippen molar-refractivity contribution in [3.63, 3.8) is 0 Å². The van der Waals surface area contributed by atoms with Gasteiger partial charge in [-0.15, -0.1) is 0 Å². The number of nitrogens with zero attached hydrogens (tertiary/aromatic N) is 4. The maximum absolute atomic E-state index is 14.0. The van der Waals surface area contributed by atoms with Gasteiger partial charge in [-0.2, -0.15) is 4.98 Å². The molecule has 2 aromatic heterocycles. The van der Waals surface area contributed by atoms with Gasteiger partial charge in [0.15, 0.2) is 11.2 Å². The fraction of sp³-hybridized carbons (Fsp3) is 0.261. The van der Waals surface area contributed by atoms with E-state index in [4.69, 9.17) is 16.3 Å². The van der Waals surface area contributed by atoms with Crippen LogP contribution in [0.4, 0.5) is 8.78 Å². The van der Waals surface area contributed by atoms with Gasteiger partial charge in [-0.1, -0.05) is 29.8 Å². The van der Waals surface area contributed by atoms with Gasteiger partial charge < -0.3 is 4.74 Å². The zero-order chi connectivity index (χ0) is 24.1. The molecule has 172 valence electrons. The lowest BCUT2D eigenvalue weighted by Crippen LogP contribution is -2.37. The molecule has 0 amide bonds. The first-order valence-electron chi connectivity index (χ1n) is 10.0. The zero-order valence-corrected chi connectivity index (χ0v) is 19.2. The van der Waals surface area contributed by atoms with Crippen molar-refractivity contribution >= 4 is 22.8 Å². The lowest BCUT2D eigenvalue weighted by molar-refractivity contribution is 0.0166. The molecule has 2 heterocycles. The molecule has 7 nitrogen and oxygen atoms in total. The highest BCUT2D eigenvalue weighted by molar-refractivity contribution is 6.30. The van der Waals surface area contributed by atoms with Crippen LogP contribution >= 0.6 is 11.6 Å². The van der Waals surface area contributed by atoms with Gasteiger partial charge in [0.05, 0.1) is 6.54 Å². The summed E-state index contributed by atoms with van der Waals surface area (Å²) in [5, 5.41) is 0.553. The molecule has 0 bridgehead atoms. The summed E-state index contributed by atoms with van der Waals surface area (Å²) in [5.74, 6) is -2.93. The molecule has 0 N–H and O–H groups in total. The van der Waals surface area contributed by atoms with Gasteiger partial charge in [0.25, 0.3) is 11.5 Å². The number of aryl methyl sites for hydroxylation is 2. The Labute approximate surface area is 192 Å². The average Bonchev–Trinajstić information content (AvgIpc) is 3.11. The standard InChI is InChI=1S/C23H21ClF2N4O3/c1-13-5-10-16(11-17(13)23(2,25)26)33-21-27-19-18(20(31)29(4)22(32)28(19)3)30(21)12-14-6-8-15(24)9-7-14/h5-11H,12H2,1-4H3. The molecule has 0 aliphatic heterocycles. The third-order valence-electron chi connectivity index (χ3n) is 5.46. The van der Waals surface area contributed by atoms with Gasteiger partial charge >= 0.3 is 11.7 Å². The summed E-state index contributed by atoms with van der Waals surface area (Å²) in [7, 11) is 2.87. The van der Waals surface area contributed by atoms with Crippen molar-refractivity contribution in [3.05, 3.63) is 85.0 Å². The Morgan fingerprint density at radius 2 is 1.73 bits per heavy atom. The minimum Gasteiger partial charge on any atom is -0.425 e. The summed E-state index contributed by atoms with van der Waals surface area (Å²) in [6.45, 7) is 2.58. The van der Waals surface area contributed by atoms with Crippen LogP contribution in [-0.2, 0) is 26.6 Å². The summed E-state index contributed by atoms with van der Waals surface area (Å²) < 4.78 is 37.7. The highest BCUT2D eigenvalue weighted by Crippen LogP contribution is 2.34. The van der Waals surface area contributed by atoms with Crippen molar-refractivity contribution in [2.45, 2.75) is 26.3 Å². The number of alkyl halides is 2. The summed E-state index contributed by atoms with van der Waals surface area (Å²) in [5.41, 5.74) is 0.221. The number of ether oxygens (including phenoxy) is 1. The van der Waals surface area contributed by atoms with E-state index in [1.165, 1.54) is 35.4 Å². The van der Waals surface area contributed by atoms with E-state index in [0.29, 0.717) is 10.6 Å². The number of rotatable bonds is 5. The second kappa shape index (κ2) is 8.15. The lowest BCUT2D eigenvalue weighted by atomic mass is 10.0. The Morgan fingerprint density at radius 3 is 2.36 bits per heavy atom. The van der Waals surface area contributed by atoms with Crippen LogP contribution in [0.25, 0.3) is 11.2 Å². The Morgan fingerprint density at radius 1 is 1.06 bits per heavy atom. The minimum absolute atomic E-state index is 0.00697. The fourth-order valence-electron chi connectivity index (χ4n) is 3.67. The molecule has 0 atom stereocenters. The van der Waals surface area contributed by atoms with E-state index in [9.17, 15) is 18.4 Å². The van der Waals surface area contributed by atoms with Crippen molar-refractivity contribution in [2.75, 3.05) is 0 Å². The lowest BCUT2D eigenvalue weighted by Gasteiger charge is -2.16. The Bertz CT molecular complexity index is 1480. The summed E-state index contributed by atoms with van der Waals surface area (Å²) in [4.78, 5) is 29.8. The maximum atomic E-state index is 14.0. The second-order valence-electron chi connectivity index (χ2n) is 7.95. The highest BCUT2D eigenvalue weighted by Gasteiger charge is 2.27. The van der Waals surface area contributed by atoms with Gasteiger partial charge in [0.2, 0.25) is 0 Å². The molecule has 0 spiro atoms. The van der Waals surface area contributed by atoms with E-state index in [1.807, 2.05) is 0 Å². The molecule has 0 fully saturated rings. The Kier molecular flexibility index (Phi) is 5.61. The van der Waals surface area contributed by atoms with Crippen LogP contribution in [0, 0.1) is 6.92 Å². The summed E-state index contributed by atoms with van der Waals surface area (Å²) in [6, 6.07) is 11.3. The predicted molar refractivity (Wildman–Crippen MR) is 122 cm³/mol. The first kappa shape index (κ1) is 22.7. The zero-order valence-electron chi connectivity index (χ0n) is 18.4. The van der Waals surface area contributed by atoms with E-state index < -0.39 is 17.2 Å². The number of imidazole rings is 1. The topological polar surface area (TPSA) is 71.1 Å². The fourth-order valence-corrected chi connectivity index (χ4v) is 3.79. The van der Waals surface area contributed by atoms with E-state index >= 15 is 0 Å². The van der Waals surface area contributed by atoms with Gasteiger partial charge in [-0.05, 0) is 42.3 Å². The number of halogens is 3. The Hall–Kier alpha value is -3.46. The molecular weight excluding hydrogens is 454 g/mol. The number of hydrogen-bond donors (Lipinski definition) is 0. The van der Waals surface area contributed by atoms with Crippen LogP contribution in [-0.4, -0.2) is 18.7 Å². The highest BCUT2D eigenvalue weighted by atomic mass is 35.5. The molecule has 0 radical (unpaired) electrons. The van der Waals surface area contributed by atoms with Gasteiger partial charge in [0, 0.05) is 31.6 Å². The molecule has 4 rings (SSSR count). The SMILES string of the molecule is Cc1ccc(Oc2nc3c(c(=O)n(C)c(=O)n3C)n2Cc2ccc(Cl)cc2)cc1C(C)(F)F. The monoisotopic (exact) mass is 474 g/mol. The van der Waals surface area contributed by atoms with E-state index in [2.05, 4.69) is 4.98 Å². The third kappa shape index (κ3) is 4.16. The maximum Gasteiger partial charge on any atom is 0.332 e. The molecule has 4 aromatic rings. The quantitative estimate of drug-likeness (QED) is 0.431. The second-order valence-corrected chi connectivity index (χ2v) is 8.39. The number of hydrogen-bond acceptors (Lipinski definition) is 4. The van der Waals surface area contributed by atoms with Crippen LogP contribution in [0.2, 0.25) is 5.02 Å². The van der Waals surface area contributed by atoms with Crippen molar-refractivity contribution < 1.29 is 13.5 Å². The van der Waals surface area contributed by atoms with Gasteiger partial charge in [-0.25, -0.2) is 13.6 Å². The minimum atomic E-state index is -3.06. The molecule has 0 saturated carbocycles. The van der Waals surface area contributed by atoms with Gasteiger partial charge in [0.1, 0.15) is 5.75 Å². The number of benzene rings is 2. The smallest absolute Gasteiger partial charge is 0.332 e. The van der Waals surface area contributed by atoms with Crippen LogP contribution in [0.3, 0.4) is 0 Å². The van der Waals surface area contributed by atoms with Crippen molar-refractivity contribution in [1.29, 1.82) is 0 Å². The molecular formula is C23H21ClF2N4O3. The van der Waals surface area contributed by atoms with E-state index in [0.717, 1.165) is 17.1 Å². The number of aromatic nitrogens is 4.